The quantitative estimate of drug-likeness (QED) is 0.610. The third kappa shape index (κ3) is 2.43. The first-order chi connectivity index (χ1) is 6.86. The van der Waals surface area contributed by atoms with Crippen molar-refractivity contribution in [1.82, 2.24) is 10.2 Å². The monoisotopic (exact) mass is 200 g/mol. The molecule has 2 rings (SSSR count). The molecular weight excluding hydrogens is 184 g/mol. The van der Waals surface area contributed by atoms with Crippen molar-refractivity contribution < 1.29 is 14.3 Å². The number of hydrogen-bond acceptors (Lipinski definition) is 4. The summed E-state index contributed by atoms with van der Waals surface area (Å²) in [5, 5.41) is 3.04. The highest BCUT2D eigenvalue weighted by molar-refractivity contribution is 5.79. The maximum atomic E-state index is 11.4. The molecule has 1 unspecified atom stereocenters. The van der Waals surface area contributed by atoms with Gasteiger partial charge in [0.2, 0.25) is 5.91 Å². The summed E-state index contributed by atoms with van der Waals surface area (Å²) in [5.41, 5.74) is 0. The van der Waals surface area contributed by atoms with E-state index in [2.05, 4.69) is 5.32 Å². The number of nitrogens with zero attached hydrogens (tertiary/aromatic N) is 1. The highest BCUT2D eigenvalue weighted by atomic mass is 16.6. The van der Waals surface area contributed by atoms with Gasteiger partial charge in [-0.15, -0.1) is 0 Å². The Balaban J connectivity index is 1.79. The lowest BCUT2D eigenvalue weighted by Crippen LogP contribution is -2.52. The summed E-state index contributed by atoms with van der Waals surface area (Å²) < 4.78 is 10.8. The Kier molecular flexibility index (Phi) is 3.34. The zero-order valence-electron chi connectivity index (χ0n) is 8.20. The summed E-state index contributed by atoms with van der Waals surface area (Å²) in [5.74, 6) is 0.158. The molecule has 0 spiro atoms. The second kappa shape index (κ2) is 4.72. The Morgan fingerprint density at radius 3 is 3.14 bits per heavy atom. The van der Waals surface area contributed by atoms with Gasteiger partial charge in [0, 0.05) is 19.6 Å². The van der Waals surface area contributed by atoms with Crippen molar-refractivity contribution in [3.8, 4) is 0 Å². The summed E-state index contributed by atoms with van der Waals surface area (Å²) in [6.07, 6.45) is 0.0609. The van der Waals surface area contributed by atoms with Crippen LogP contribution in [0, 0.1) is 0 Å². The molecule has 2 aliphatic rings. The maximum Gasteiger partial charge on any atom is 0.236 e. The lowest BCUT2D eigenvalue weighted by atomic mass is 10.2. The molecule has 5 nitrogen and oxygen atoms in total. The standard InChI is InChI=1S/C9H16N2O3/c12-9-5-10-1-2-11(9)6-8-7-13-3-4-14-8/h8,10H,1-7H2. The van der Waals surface area contributed by atoms with Gasteiger partial charge in [-0.05, 0) is 0 Å². The van der Waals surface area contributed by atoms with E-state index in [9.17, 15) is 4.79 Å². The van der Waals surface area contributed by atoms with Gasteiger partial charge in [0.1, 0.15) is 0 Å². The molecule has 14 heavy (non-hydrogen) atoms. The first kappa shape index (κ1) is 9.89. The second-order valence-electron chi connectivity index (χ2n) is 3.58. The van der Waals surface area contributed by atoms with E-state index in [0.29, 0.717) is 32.9 Å². The molecule has 5 heteroatoms. The Morgan fingerprint density at radius 2 is 2.43 bits per heavy atom. The fraction of sp³-hybridized carbons (Fsp3) is 0.889. The number of carbonyl (C=O) groups is 1. The van der Waals surface area contributed by atoms with E-state index in [-0.39, 0.29) is 12.0 Å². The van der Waals surface area contributed by atoms with Crippen LogP contribution in [0.1, 0.15) is 0 Å². The topological polar surface area (TPSA) is 50.8 Å². The van der Waals surface area contributed by atoms with Crippen molar-refractivity contribution in [1.29, 1.82) is 0 Å². The Morgan fingerprint density at radius 1 is 1.50 bits per heavy atom. The van der Waals surface area contributed by atoms with Gasteiger partial charge in [0.05, 0.1) is 32.5 Å². The molecule has 0 aliphatic carbocycles. The predicted octanol–water partition coefficient (Wildman–Crippen LogP) is -1.17. The molecule has 0 saturated carbocycles. The maximum absolute atomic E-state index is 11.4. The highest BCUT2D eigenvalue weighted by Gasteiger charge is 2.23. The number of hydrogen-bond donors (Lipinski definition) is 1. The Hall–Kier alpha value is -0.650. The summed E-state index contributed by atoms with van der Waals surface area (Å²) in [4.78, 5) is 13.3. The van der Waals surface area contributed by atoms with E-state index in [1.54, 1.807) is 0 Å². The van der Waals surface area contributed by atoms with Crippen molar-refractivity contribution in [2.75, 3.05) is 46.0 Å². The minimum Gasteiger partial charge on any atom is -0.376 e. The van der Waals surface area contributed by atoms with Crippen LogP contribution in [0.4, 0.5) is 0 Å². The van der Waals surface area contributed by atoms with Gasteiger partial charge in [0.15, 0.2) is 0 Å². The third-order valence-corrected chi connectivity index (χ3v) is 2.50. The molecule has 80 valence electrons. The molecule has 2 aliphatic heterocycles. The number of rotatable bonds is 2. The summed E-state index contributed by atoms with van der Waals surface area (Å²) in [7, 11) is 0. The molecule has 1 N–H and O–H groups in total. The van der Waals surface area contributed by atoms with Gasteiger partial charge in [0.25, 0.3) is 0 Å². The van der Waals surface area contributed by atoms with Gasteiger partial charge in [-0.3, -0.25) is 4.79 Å². The molecule has 1 atom stereocenters. The number of piperazine rings is 1. The van der Waals surface area contributed by atoms with Crippen LogP contribution in [0.5, 0.6) is 0 Å². The van der Waals surface area contributed by atoms with Crippen molar-refractivity contribution in [3.05, 3.63) is 0 Å². The molecule has 0 bridgehead atoms. The zero-order chi connectivity index (χ0) is 9.80. The van der Waals surface area contributed by atoms with Gasteiger partial charge in [-0.1, -0.05) is 0 Å². The molecule has 2 saturated heterocycles. The van der Waals surface area contributed by atoms with Gasteiger partial charge >= 0.3 is 0 Å². The van der Waals surface area contributed by atoms with Gasteiger partial charge in [-0.2, -0.15) is 0 Å². The third-order valence-electron chi connectivity index (χ3n) is 2.50. The first-order valence-electron chi connectivity index (χ1n) is 5.04. The zero-order valence-corrected chi connectivity index (χ0v) is 8.20. The number of amides is 1. The van der Waals surface area contributed by atoms with Crippen molar-refractivity contribution in [2.24, 2.45) is 0 Å². The minimum atomic E-state index is 0.0609. The molecule has 2 heterocycles. The van der Waals surface area contributed by atoms with Gasteiger partial charge in [-0.25, -0.2) is 0 Å². The number of ether oxygens (including phenoxy) is 2. The predicted molar refractivity (Wildman–Crippen MR) is 50.0 cm³/mol. The van der Waals surface area contributed by atoms with E-state index in [1.807, 2.05) is 4.90 Å². The summed E-state index contributed by atoms with van der Waals surface area (Å²) in [6.45, 7) is 4.69. The Labute approximate surface area is 83.3 Å². The second-order valence-corrected chi connectivity index (χ2v) is 3.58. The summed E-state index contributed by atoms with van der Waals surface area (Å²) >= 11 is 0. The fourth-order valence-corrected chi connectivity index (χ4v) is 1.73. The van der Waals surface area contributed by atoms with Crippen molar-refractivity contribution in [2.45, 2.75) is 6.10 Å². The molecule has 0 aromatic carbocycles. The Bertz CT molecular complexity index is 204. The molecule has 0 radical (unpaired) electrons. The number of carbonyl (C=O) groups excluding carboxylic acids is 1. The molecular formula is C9H16N2O3. The van der Waals surface area contributed by atoms with E-state index in [0.717, 1.165) is 13.1 Å². The van der Waals surface area contributed by atoms with E-state index < -0.39 is 0 Å². The van der Waals surface area contributed by atoms with E-state index >= 15 is 0 Å². The van der Waals surface area contributed by atoms with Crippen LogP contribution < -0.4 is 5.32 Å². The average Bonchev–Trinajstić information content (AvgIpc) is 2.23. The molecule has 2 fully saturated rings. The number of nitrogens with one attached hydrogen (secondary N) is 1. The van der Waals surface area contributed by atoms with Gasteiger partial charge < -0.3 is 19.7 Å². The lowest BCUT2D eigenvalue weighted by Gasteiger charge is -2.32. The van der Waals surface area contributed by atoms with Crippen LogP contribution in [0.25, 0.3) is 0 Å². The normalized spacial score (nSPS) is 29.3. The largest absolute Gasteiger partial charge is 0.376 e. The van der Waals surface area contributed by atoms with Crippen molar-refractivity contribution in [3.63, 3.8) is 0 Å². The van der Waals surface area contributed by atoms with E-state index in [1.165, 1.54) is 0 Å². The molecule has 0 aromatic heterocycles. The minimum absolute atomic E-state index is 0.0609. The van der Waals surface area contributed by atoms with Crippen molar-refractivity contribution >= 4 is 5.91 Å². The lowest BCUT2D eigenvalue weighted by molar-refractivity contribution is -0.139. The summed E-state index contributed by atoms with van der Waals surface area (Å²) in [6, 6.07) is 0. The first-order valence-corrected chi connectivity index (χ1v) is 5.04. The molecule has 1 amide bonds. The average molecular weight is 200 g/mol. The van der Waals surface area contributed by atoms with Crippen LogP contribution in [-0.2, 0) is 14.3 Å². The SMILES string of the molecule is O=C1CNCCN1CC1COCCO1. The van der Waals surface area contributed by atoms with Crippen LogP contribution in [0.3, 0.4) is 0 Å². The van der Waals surface area contributed by atoms with E-state index in [4.69, 9.17) is 9.47 Å². The van der Waals surface area contributed by atoms with Crippen LogP contribution in [-0.4, -0.2) is 62.9 Å². The fourth-order valence-electron chi connectivity index (χ4n) is 1.73. The van der Waals surface area contributed by atoms with Crippen LogP contribution >= 0.6 is 0 Å². The van der Waals surface area contributed by atoms with Crippen LogP contribution in [0.15, 0.2) is 0 Å². The van der Waals surface area contributed by atoms with Crippen LogP contribution in [0.2, 0.25) is 0 Å². The highest BCUT2D eigenvalue weighted by Crippen LogP contribution is 2.04. The molecule has 0 aromatic rings. The smallest absolute Gasteiger partial charge is 0.236 e.